The smallest absolute Gasteiger partial charge is 0.293 e. The van der Waals surface area contributed by atoms with Crippen LogP contribution in [-0.2, 0) is 9.78 Å². The summed E-state index contributed by atoms with van der Waals surface area (Å²) in [5.41, 5.74) is 2.70. The highest BCUT2D eigenvalue weighted by molar-refractivity contribution is 5.89. The fraction of sp³-hybridized carbons (Fsp3) is 0.381. The molecule has 0 saturated heterocycles. The Labute approximate surface area is 143 Å². The summed E-state index contributed by atoms with van der Waals surface area (Å²) in [5, 5.41) is 0. The minimum atomic E-state index is -0.431. The van der Waals surface area contributed by atoms with Crippen LogP contribution in [0.15, 0.2) is 54.6 Å². The van der Waals surface area contributed by atoms with Crippen LogP contribution in [0.5, 0.6) is 0 Å². The Morgan fingerprint density at radius 3 is 2.29 bits per heavy atom. The molecule has 3 atom stereocenters. The van der Waals surface area contributed by atoms with Gasteiger partial charge in [-0.2, -0.15) is 4.89 Å². The van der Waals surface area contributed by atoms with Crippen molar-refractivity contribution in [1.29, 1.82) is 0 Å². The van der Waals surface area contributed by atoms with E-state index in [1.54, 1.807) is 12.1 Å². The van der Waals surface area contributed by atoms with Crippen LogP contribution in [0.4, 0.5) is 0 Å². The summed E-state index contributed by atoms with van der Waals surface area (Å²) in [5.74, 6) is 0.583. The molecule has 126 valence electrons. The molecule has 0 bridgehead atoms. The minimum Gasteiger partial charge on any atom is -0.293 e. The summed E-state index contributed by atoms with van der Waals surface area (Å²) in [7, 11) is 0. The van der Waals surface area contributed by atoms with Crippen molar-refractivity contribution in [3.05, 3.63) is 60.2 Å². The van der Waals surface area contributed by atoms with E-state index in [1.165, 1.54) is 6.42 Å². The molecule has 2 aromatic carbocycles. The fourth-order valence-corrected chi connectivity index (χ4v) is 3.25. The first-order chi connectivity index (χ1) is 11.6. The van der Waals surface area contributed by atoms with Crippen LogP contribution in [-0.4, -0.2) is 12.1 Å². The van der Waals surface area contributed by atoms with Gasteiger partial charge in [-0.3, -0.25) is 4.89 Å². The lowest BCUT2D eigenvalue weighted by molar-refractivity contribution is -0.292. The zero-order valence-electron chi connectivity index (χ0n) is 14.3. The van der Waals surface area contributed by atoms with Gasteiger partial charge in [0.1, 0.15) is 6.10 Å². The van der Waals surface area contributed by atoms with Gasteiger partial charge in [0.15, 0.2) is 0 Å². The normalized spacial score (nSPS) is 23.7. The third-order valence-electron chi connectivity index (χ3n) is 5.11. The molecule has 1 aliphatic rings. The fourth-order valence-electron chi connectivity index (χ4n) is 3.25. The molecule has 0 aromatic heterocycles. The summed E-state index contributed by atoms with van der Waals surface area (Å²) in [4.78, 5) is 22.7. The van der Waals surface area contributed by atoms with Crippen LogP contribution in [0.2, 0.25) is 0 Å². The molecule has 1 aliphatic carbocycles. The van der Waals surface area contributed by atoms with Crippen molar-refractivity contribution in [3.63, 3.8) is 0 Å². The molecule has 0 spiro atoms. The Bertz CT molecular complexity index is 663. The average molecular weight is 324 g/mol. The SMILES string of the molecule is CC1CCCC(OOC(=O)c2ccc(-c3ccccc3)cc2)C1C. The maximum absolute atomic E-state index is 12.2. The molecule has 0 N–H and O–H groups in total. The molecular formula is C21H24O3. The highest BCUT2D eigenvalue weighted by Gasteiger charge is 2.29. The highest BCUT2D eigenvalue weighted by atomic mass is 17.2. The lowest BCUT2D eigenvalue weighted by atomic mass is 9.80. The van der Waals surface area contributed by atoms with E-state index in [1.807, 2.05) is 42.5 Å². The molecule has 3 rings (SSSR count). The van der Waals surface area contributed by atoms with Crippen LogP contribution in [0.3, 0.4) is 0 Å². The quantitative estimate of drug-likeness (QED) is 0.568. The lowest BCUT2D eigenvalue weighted by Gasteiger charge is -2.32. The summed E-state index contributed by atoms with van der Waals surface area (Å²) in [6.07, 6.45) is 3.29. The monoisotopic (exact) mass is 324 g/mol. The van der Waals surface area contributed by atoms with E-state index in [2.05, 4.69) is 13.8 Å². The predicted octanol–water partition coefficient (Wildman–Crippen LogP) is 5.27. The van der Waals surface area contributed by atoms with Crippen molar-refractivity contribution >= 4 is 5.97 Å². The second kappa shape index (κ2) is 7.63. The van der Waals surface area contributed by atoms with Gasteiger partial charge in [-0.25, -0.2) is 4.79 Å². The second-order valence-electron chi connectivity index (χ2n) is 6.72. The van der Waals surface area contributed by atoms with Gasteiger partial charge in [0.25, 0.3) is 0 Å². The number of rotatable bonds is 4. The van der Waals surface area contributed by atoms with E-state index in [4.69, 9.17) is 9.78 Å². The standard InChI is InChI=1S/C21H24O3/c1-15-7-6-10-20(16(15)2)23-24-21(22)19-13-11-18(12-14-19)17-8-4-3-5-9-17/h3-5,8-9,11-16,20H,6-7,10H2,1-2H3. The molecular weight excluding hydrogens is 300 g/mol. The third-order valence-corrected chi connectivity index (χ3v) is 5.11. The van der Waals surface area contributed by atoms with Gasteiger partial charge < -0.3 is 0 Å². The number of benzene rings is 2. The van der Waals surface area contributed by atoms with E-state index >= 15 is 0 Å². The predicted molar refractivity (Wildman–Crippen MR) is 94.3 cm³/mol. The van der Waals surface area contributed by atoms with E-state index in [0.29, 0.717) is 17.4 Å². The molecule has 2 aromatic rings. The zero-order chi connectivity index (χ0) is 16.9. The number of carbonyl (C=O) groups excluding carboxylic acids is 1. The minimum absolute atomic E-state index is 0.00120. The van der Waals surface area contributed by atoms with Crippen molar-refractivity contribution in [1.82, 2.24) is 0 Å². The van der Waals surface area contributed by atoms with Gasteiger partial charge in [0.2, 0.25) is 0 Å². The van der Waals surface area contributed by atoms with Gasteiger partial charge in [0, 0.05) is 0 Å². The van der Waals surface area contributed by atoms with E-state index in [0.717, 1.165) is 24.0 Å². The molecule has 0 aliphatic heterocycles. The van der Waals surface area contributed by atoms with Gasteiger partial charge in [0.05, 0.1) is 5.56 Å². The first-order valence-corrected chi connectivity index (χ1v) is 8.68. The maximum atomic E-state index is 12.2. The van der Waals surface area contributed by atoms with Crippen LogP contribution in [0.25, 0.3) is 11.1 Å². The van der Waals surface area contributed by atoms with Crippen LogP contribution >= 0.6 is 0 Å². The summed E-state index contributed by atoms with van der Waals surface area (Å²) < 4.78 is 0. The highest BCUT2D eigenvalue weighted by Crippen LogP contribution is 2.31. The molecule has 1 fully saturated rings. The van der Waals surface area contributed by atoms with Crippen molar-refractivity contribution in [2.45, 2.75) is 39.2 Å². The van der Waals surface area contributed by atoms with E-state index in [9.17, 15) is 4.79 Å². The van der Waals surface area contributed by atoms with Crippen LogP contribution in [0, 0.1) is 11.8 Å². The molecule has 0 amide bonds. The molecule has 0 radical (unpaired) electrons. The first kappa shape index (κ1) is 16.7. The Morgan fingerprint density at radius 2 is 1.58 bits per heavy atom. The third kappa shape index (κ3) is 3.85. The largest absolute Gasteiger partial charge is 0.373 e. The first-order valence-electron chi connectivity index (χ1n) is 8.68. The van der Waals surface area contributed by atoms with Gasteiger partial charge >= 0.3 is 5.97 Å². The Kier molecular flexibility index (Phi) is 5.31. The van der Waals surface area contributed by atoms with Gasteiger partial charge in [-0.05, 0) is 41.5 Å². The van der Waals surface area contributed by atoms with Gasteiger partial charge in [-0.15, -0.1) is 0 Å². The molecule has 3 heteroatoms. The van der Waals surface area contributed by atoms with Crippen molar-refractivity contribution in [2.24, 2.45) is 11.8 Å². The number of hydrogen-bond donors (Lipinski definition) is 0. The van der Waals surface area contributed by atoms with Gasteiger partial charge in [-0.1, -0.05) is 69.2 Å². The number of hydrogen-bond acceptors (Lipinski definition) is 3. The lowest BCUT2D eigenvalue weighted by Crippen LogP contribution is -2.31. The van der Waals surface area contributed by atoms with Crippen molar-refractivity contribution in [3.8, 4) is 11.1 Å². The van der Waals surface area contributed by atoms with Crippen LogP contribution < -0.4 is 0 Å². The summed E-state index contributed by atoms with van der Waals surface area (Å²) >= 11 is 0. The molecule has 24 heavy (non-hydrogen) atoms. The Morgan fingerprint density at radius 1 is 0.917 bits per heavy atom. The second-order valence-corrected chi connectivity index (χ2v) is 6.72. The van der Waals surface area contributed by atoms with Crippen molar-refractivity contribution < 1.29 is 14.6 Å². The van der Waals surface area contributed by atoms with Crippen molar-refractivity contribution in [2.75, 3.05) is 0 Å². The number of carbonyl (C=O) groups is 1. The Balaban J connectivity index is 1.59. The zero-order valence-corrected chi connectivity index (χ0v) is 14.3. The maximum Gasteiger partial charge on any atom is 0.373 e. The summed E-state index contributed by atoms with van der Waals surface area (Å²) in [6, 6.07) is 17.5. The molecule has 3 nitrogen and oxygen atoms in total. The van der Waals surface area contributed by atoms with E-state index in [-0.39, 0.29) is 6.10 Å². The topological polar surface area (TPSA) is 35.5 Å². The molecule has 3 unspecified atom stereocenters. The Hall–Kier alpha value is -2.13. The summed E-state index contributed by atoms with van der Waals surface area (Å²) in [6.45, 7) is 4.39. The van der Waals surface area contributed by atoms with E-state index < -0.39 is 5.97 Å². The molecule has 1 saturated carbocycles. The average Bonchev–Trinajstić information content (AvgIpc) is 2.63. The van der Waals surface area contributed by atoms with Crippen LogP contribution in [0.1, 0.15) is 43.5 Å². The molecule has 0 heterocycles.